The number of carbonyl (C=O) groups excluding carboxylic acids is 1. The summed E-state index contributed by atoms with van der Waals surface area (Å²) in [6, 6.07) is 0. The predicted molar refractivity (Wildman–Crippen MR) is 61.5 cm³/mol. The monoisotopic (exact) mass is 214 g/mol. The van der Waals surface area contributed by atoms with Gasteiger partial charge in [-0.25, -0.2) is 0 Å². The lowest BCUT2D eigenvalue weighted by atomic mass is 10.1. The van der Waals surface area contributed by atoms with E-state index >= 15 is 0 Å². The number of unbranched alkanes of at least 4 members (excludes halogenated alkanes) is 4. The highest BCUT2D eigenvalue weighted by Crippen LogP contribution is 2.05. The van der Waals surface area contributed by atoms with Crippen LogP contribution in [0.4, 0.5) is 0 Å². The van der Waals surface area contributed by atoms with Crippen molar-refractivity contribution in [3.63, 3.8) is 0 Å². The molecule has 0 fully saturated rings. The van der Waals surface area contributed by atoms with Gasteiger partial charge in [-0.05, 0) is 33.5 Å². The zero-order chi connectivity index (χ0) is 11.5. The number of rotatable bonds is 9. The third kappa shape index (κ3) is 11.0. The summed E-state index contributed by atoms with van der Waals surface area (Å²) in [5, 5.41) is 10.8. The number of ketones is 1. The van der Waals surface area contributed by atoms with Crippen LogP contribution < -0.4 is 0 Å². The van der Waals surface area contributed by atoms with E-state index in [2.05, 4.69) is 24.2 Å². The highest BCUT2D eigenvalue weighted by atomic mass is 16.4. The van der Waals surface area contributed by atoms with Crippen molar-refractivity contribution in [3.8, 4) is 0 Å². The summed E-state index contributed by atoms with van der Waals surface area (Å²) in [5.74, 6) is -0.0919. The lowest BCUT2D eigenvalue weighted by molar-refractivity contribution is -0.112. The molecule has 1 N–H and O–H groups in total. The highest BCUT2D eigenvalue weighted by Gasteiger charge is 1.98. The second-order valence-corrected chi connectivity index (χ2v) is 4.03. The van der Waals surface area contributed by atoms with Crippen molar-refractivity contribution >= 4 is 12.0 Å². The molecule has 0 atom stereocenters. The fourth-order valence-corrected chi connectivity index (χ4v) is 1.39. The Hall–Kier alpha value is -0.900. The lowest BCUT2D eigenvalue weighted by Gasteiger charge is -2.08. The van der Waals surface area contributed by atoms with E-state index in [0.717, 1.165) is 25.6 Å². The topological polar surface area (TPSA) is 52.9 Å². The van der Waals surface area contributed by atoms with E-state index in [0.29, 0.717) is 6.42 Å². The first kappa shape index (κ1) is 14.1. The molecular formula is C11H22N2O2. The van der Waals surface area contributed by atoms with E-state index in [-0.39, 0.29) is 5.78 Å². The average Bonchev–Trinajstić information content (AvgIpc) is 2.16. The van der Waals surface area contributed by atoms with Crippen LogP contribution in [0.3, 0.4) is 0 Å². The molecule has 88 valence electrons. The molecule has 15 heavy (non-hydrogen) atoms. The molecule has 0 saturated carbocycles. The number of oxime groups is 1. The molecule has 0 amide bonds. The molecule has 0 spiro atoms. The molecular weight excluding hydrogens is 192 g/mol. The van der Waals surface area contributed by atoms with Crippen LogP contribution >= 0.6 is 0 Å². The number of carbonyl (C=O) groups is 1. The molecule has 4 nitrogen and oxygen atoms in total. The summed E-state index contributed by atoms with van der Waals surface area (Å²) in [5.41, 5.74) is 0. The summed E-state index contributed by atoms with van der Waals surface area (Å²) in [7, 11) is 4.15. The molecule has 0 bridgehead atoms. The maximum absolute atomic E-state index is 10.9. The molecule has 0 aromatic rings. The van der Waals surface area contributed by atoms with Crippen LogP contribution in [0.2, 0.25) is 0 Å². The Bertz CT molecular complexity index is 191. The standard InChI is InChI=1S/C11H22N2O2/c1-13(2)9-7-5-3-4-6-8-11(14)10-12-15/h10,15H,3-9H2,1-2H3/b12-10+. The van der Waals surface area contributed by atoms with E-state index in [1.807, 2.05) is 0 Å². The molecule has 0 saturated heterocycles. The Morgan fingerprint density at radius 3 is 2.40 bits per heavy atom. The second kappa shape index (κ2) is 9.65. The summed E-state index contributed by atoms with van der Waals surface area (Å²) >= 11 is 0. The van der Waals surface area contributed by atoms with Gasteiger partial charge < -0.3 is 10.1 Å². The van der Waals surface area contributed by atoms with Crippen LogP contribution in [0.1, 0.15) is 38.5 Å². The minimum absolute atomic E-state index is 0.0919. The van der Waals surface area contributed by atoms with E-state index in [9.17, 15) is 4.79 Å². The summed E-state index contributed by atoms with van der Waals surface area (Å²) in [6.07, 6.45) is 7.08. The Morgan fingerprint density at radius 2 is 1.80 bits per heavy atom. The molecule has 0 aliphatic carbocycles. The number of Topliss-reactive ketones (excluding diaryl/α,β-unsaturated/α-hetero) is 1. The van der Waals surface area contributed by atoms with Gasteiger partial charge in [0.05, 0.1) is 0 Å². The van der Waals surface area contributed by atoms with Gasteiger partial charge in [0.1, 0.15) is 6.21 Å². The number of hydrogen-bond acceptors (Lipinski definition) is 4. The summed E-state index contributed by atoms with van der Waals surface area (Å²) in [6.45, 7) is 1.14. The van der Waals surface area contributed by atoms with Crippen molar-refractivity contribution in [2.45, 2.75) is 38.5 Å². The molecule has 0 aliphatic heterocycles. The normalized spacial score (nSPS) is 11.4. The maximum atomic E-state index is 10.9. The first-order valence-electron chi connectivity index (χ1n) is 5.52. The zero-order valence-corrected chi connectivity index (χ0v) is 9.78. The van der Waals surface area contributed by atoms with Gasteiger partial charge in [-0.1, -0.05) is 24.4 Å². The van der Waals surface area contributed by atoms with Crippen LogP contribution in [0.25, 0.3) is 0 Å². The SMILES string of the molecule is CN(C)CCCCCCCC(=O)/C=N/O. The minimum atomic E-state index is -0.0919. The second-order valence-electron chi connectivity index (χ2n) is 4.03. The van der Waals surface area contributed by atoms with Crippen molar-refractivity contribution in [1.82, 2.24) is 4.90 Å². The van der Waals surface area contributed by atoms with E-state index in [1.165, 1.54) is 19.3 Å². The van der Waals surface area contributed by atoms with E-state index in [4.69, 9.17) is 5.21 Å². The Morgan fingerprint density at radius 1 is 1.20 bits per heavy atom. The van der Waals surface area contributed by atoms with Crippen LogP contribution in [0, 0.1) is 0 Å². The van der Waals surface area contributed by atoms with Gasteiger partial charge in [-0.3, -0.25) is 4.79 Å². The number of hydrogen-bond donors (Lipinski definition) is 1. The molecule has 0 aliphatic rings. The molecule has 0 radical (unpaired) electrons. The van der Waals surface area contributed by atoms with E-state index < -0.39 is 0 Å². The molecule has 0 aromatic heterocycles. The first-order chi connectivity index (χ1) is 7.16. The smallest absolute Gasteiger partial charge is 0.177 e. The summed E-state index contributed by atoms with van der Waals surface area (Å²) < 4.78 is 0. The molecule has 4 heteroatoms. The molecule has 0 unspecified atom stereocenters. The molecule has 0 heterocycles. The van der Waals surface area contributed by atoms with Crippen LogP contribution in [-0.4, -0.2) is 42.7 Å². The van der Waals surface area contributed by atoms with Crippen molar-refractivity contribution in [3.05, 3.63) is 0 Å². The fraction of sp³-hybridized carbons (Fsp3) is 0.818. The van der Waals surface area contributed by atoms with Gasteiger partial charge in [-0.15, -0.1) is 0 Å². The van der Waals surface area contributed by atoms with Crippen LogP contribution in [0.15, 0.2) is 5.16 Å². The minimum Gasteiger partial charge on any atom is -0.411 e. The van der Waals surface area contributed by atoms with Crippen molar-refractivity contribution in [1.29, 1.82) is 0 Å². The van der Waals surface area contributed by atoms with Gasteiger partial charge in [0.25, 0.3) is 0 Å². The summed E-state index contributed by atoms with van der Waals surface area (Å²) in [4.78, 5) is 13.1. The average molecular weight is 214 g/mol. The Kier molecular flexibility index (Phi) is 9.07. The van der Waals surface area contributed by atoms with Gasteiger partial charge in [0.15, 0.2) is 5.78 Å². The molecule has 0 aromatic carbocycles. The number of nitrogens with zero attached hydrogens (tertiary/aromatic N) is 2. The first-order valence-corrected chi connectivity index (χ1v) is 5.52. The van der Waals surface area contributed by atoms with Crippen LogP contribution in [0.5, 0.6) is 0 Å². The Labute approximate surface area is 92.0 Å². The quantitative estimate of drug-likeness (QED) is 0.276. The van der Waals surface area contributed by atoms with Crippen molar-refractivity contribution in [2.24, 2.45) is 5.16 Å². The fourth-order valence-electron chi connectivity index (χ4n) is 1.39. The predicted octanol–water partition coefficient (Wildman–Crippen LogP) is 1.92. The third-order valence-electron chi connectivity index (χ3n) is 2.23. The highest BCUT2D eigenvalue weighted by molar-refractivity contribution is 6.27. The van der Waals surface area contributed by atoms with Crippen LogP contribution in [-0.2, 0) is 4.79 Å². The van der Waals surface area contributed by atoms with E-state index in [1.54, 1.807) is 0 Å². The largest absolute Gasteiger partial charge is 0.411 e. The van der Waals surface area contributed by atoms with Gasteiger partial charge in [0.2, 0.25) is 0 Å². The van der Waals surface area contributed by atoms with Gasteiger partial charge >= 0.3 is 0 Å². The molecule has 0 rings (SSSR count). The maximum Gasteiger partial charge on any atom is 0.177 e. The van der Waals surface area contributed by atoms with Gasteiger partial charge in [0, 0.05) is 6.42 Å². The van der Waals surface area contributed by atoms with Gasteiger partial charge in [-0.2, -0.15) is 0 Å². The van der Waals surface area contributed by atoms with Crippen molar-refractivity contribution < 1.29 is 10.0 Å². The lowest BCUT2D eigenvalue weighted by Crippen LogP contribution is -2.12. The Balaban J connectivity index is 3.15. The zero-order valence-electron chi connectivity index (χ0n) is 9.78. The third-order valence-corrected chi connectivity index (χ3v) is 2.23. The van der Waals surface area contributed by atoms with Crippen molar-refractivity contribution in [2.75, 3.05) is 20.6 Å².